The van der Waals surface area contributed by atoms with Crippen molar-refractivity contribution >= 4 is 33.8 Å². The lowest BCUT2D eigenvalue weighted by molar-refractivity contribution is 0.151. The summed E-state index contributed by atoms with van der Waals surface area (Å²) >= 11 is 7.70. The van der Waals surface area contributed by atoms with Gasteiger partial charge in [0.05, 0.1) is 21.8 Å². The lowest BCUT2D eigenvalue weighted by Gasteiger charge is -2.09. The molecule has 1 aromatic carbocycles. The second kappa shape index (κ2) is 5.89. The van der Waals surface area contributed by atoms with Crippen LogP contribution in [0.5, 0.6) is 0 Å². The van der Waals surface area contributed by atoms with Crippen molar-refractivity contribution < 1.29 is 8.78 Å². The third-order valence-corrected chi connectivity index (χ3v) is 4.74. The topological polar surface area (TPSA) is 25.8 Å². The minimum Gasteiger partial charge on any atom is -0.256 e. The van der Waals surface area contributed by atoms with Crippen LogP contribution in [0, 0.1) is 0 Å². The maximum Gasteiger partial charge on any atom is 0.266 e. The first kappa shape index (κ1) is 15.3. The molecule has 0 bridgehead atoms. The van der Waals surface area contributed by atoms with Gasteiger partial charge in [0.15, 0.2) is 0 Å². The molecule has 2 aromatic heterocycles. The average Bonchev–Trinajstić information content (AvgIpc) is 2.96. The van der Waals surface area contributed by atoms with E-state index in [0.29, 0.717) is 16.8 Å². The number of aromatic nitrogens is 2. The molecule has 0 aliphatic heterocycles. The van der Waals surface area contributed by atoms with Crippen molar-refractivity contribution in [2.45, 2.75) is 26.2 Å². The van der Waals surface area contributed by atoms with Crippen LogP contribution in [0.2, 0.25) is 5.02 Å². The summed E-state index contributed by atoms with van der Waals surface area (Å²) in [4.78, 5) is 8.69. The van der Waals surface area contributed by atoms with Gasteiger partial charge in [-0.1, -0.05) is 37.6 Å². The number of thiazole rings is 1. The average molecular weight is 339 g/mol. The Morgan fingerprint density at radius 3 is 2.64 bits per heavy atom. The van der Waals surface area contributed by atoms with Crippen LogP contribution in [0.4, 0.5) is 8.78 Å². The number of alkyl halides is 2. The van der Waals surface area contributed by atoms with Gasteiger partial charge in [-0.2, -0.15) is 0 Å². The molecule has 6 heteroatoms. The zero-order valence-electron chi connectivity index (χ0n) is 12.0. The molecule has 3 rings (SSSR count). The Kier molecular flexibility index (Phi) is 4.10. The molecule has 0 amide bonds. The van der Waals surface area contributed by atoms with Gasteiger partial charge in [-0.25, -0.2) is 13.8 Å². The van der Waals surface area contributed by atoms with Gasteiger partial charge in [0.2, 0.25) is 0 Å². The van der Waals surface area contributed by atoms with Crippen molar-refractivity contribution in [2.24, 2.45) is 0 Å². The van der Waals surface area contributed by atoms with Crippen LogP contribution >= 0.6 is 22.9 Å². The summed E-state index contributed by atoms with van der Waals surface area (Å²) in [5, 5.41) is 3.34. The molecule has 0 radical (unpaired) electrons. The highest BCUT2D eigenvalue weighted by atomic mass is 35.5. The zero-order valence-corrected chi connectivity index (χ0v) is 13.6. The number of hydrogen-bond acceptors (Lipinski definition) is 3. The predicted octanol–water partition coefficient (Wildman–Crippen LogP) is 6.07. The highest BCUT2D eigenvalue weighted by Gasteiger charge is 2.19. The minimum absolute atomic E-state index is 0.0527. The van der Waals surface area contributed by atoms with E-state index in [-0.39, 0.29) is 10.6 Å². The summed E-state index contributed by atoms with van der Waals surface area (Å²) in [6.45, 7) is 4.12. The van der Waals surface area contributed by atoms with Gasteiger partial charge >= 0.3 is 0 Å². The van der Waals surface area contributed by atoms with E-state index in [1.807, 2.05) is 17.5 Å². The molecule has 0 aliphatic carbocycles. The summed E-state index contributed by atoms with van der Waals surface area (Å²) < 4.78 is 26.1. The van der Waals surface area contributed by atoms with Gasteiger partial charge in [0, 0.05) is 22.5 Å². The van der Waals surface area contributed by atoms with Gasteiger partial charge in [-0.3, -0.25) is 4.98 Å². The largest absolute Gasteiger partial charge is 0.266 e. The highest BCUT2D eigenvalue weighted by Crippen LogP contribution is 2.39. The Morgan fingerprint density at radius 1 is 1.23 bits per heavy atom. The van der Waals surface area contributed by atoms with E-state index in [4.69, 9.17) is 11.6 Å². The Hall–Kier alpha value is -1.59. The molecule has 0 aliphatic rings. The van der Waals surface area contributed by atoms with Crippen molar-refractivity contribution in [3.8, 4) is 10.6 Å². The molecule has 0 saturated carbocycles. The Bertz CT molecular complexity index is 830. The summed E-state index contributed by atoms with van der Waals surface area (Å²) in [7, 11) is 0. The fourth-order valence-electron chi connectivity index (χ4n) is 2.22. The number of rotatable bonds is 3. The van der Waals surface area contributed by atoms with Crippen molar-refractivity contribution in [3.05, 3.63) is 46.1 Å². The van der Waals surface area contributed by atoms with Crippen LogP contribution in [0.3, 0.4) is 0 Å². The molecule has 0 spiro atoms. The summed E-state index contributed by atoms with van der Waals surface area (Å²) in [6, 6.07) is 5.44. The Balaban J connectivity index is 2.26. The number of halogens is 3. The molecular formula is C16H13ClF2N2S. The molecule has 0 unspecified atom stereocenters. The van der Waals surface area contributed by atoms with Crippen LogP contribution in [0.25, 0.3) is 21.5 Å². The van der Waals surface area contributed by atoms with Crippen molar-refractivity contribution in [1.29, 1.82) is 0 Å². The maximum absolute atomic E-state index is 13.1. The molecular weight excluding hydrogens is 326 g/mol. The van der Waals surface area contributed by atoms with E-state index >= 15 is 0 Å². The van der Waals surface area contributed by atoms with Gasteiger partial charge in [0.1, 0.15) is 5.01 Å². The van der Waals surface area contributed by atoms with E-state index in [1.165, 1.54) is 11.3 Å². The molecule has 3 aromatic rings. The minimum atomic E-state index is -2.65. The molecule has 2 nitrogen and oxygen atoms in total. The van der Waals surface area contributed by atoms with Crippen molar-refractivity contribution in [1.82, 2.24) is 9.97 Å². The van der Waals surface area contributed by atoms with E-state index in [2.05, 4.69) is 23.8 Å². The van der Waals surface area contributed by atoms with Crippen LogP contribution in [-0.4, -0.2) is 9.97 Å². The number of hydrogen-bond donors (Lipinski definition) is 0. The van der Waals surface area contributed by atoms with Gasteiger partial charge in [-0.15, -0.1) is 11.3 Å². The van der Waals surface area contributed by atoms with E-state index in [0.717, 1.165) is 22.5 Å². The molecule has 0 atom stereocenters. The predicted molar refractivity (Wildman–Crippen MR) is 86.9 cm³/mol. The lowest BCUT2D eigenvalue weighted by Crippen LogP contribution is -1.93. The fourth-order valence-corrected chi connectivity index (χ4v) is 3.57. The molecule has 0 fully saturated rings. The molecule has 2 heterocycles. The fraction of sp³-hybridized carbons (Fsp3) is 0.250. The second-order valence-electron chi connectivity index (χ2n) is 5.26. The number of benzene rings is 1. The van der Waals surface area contributed by atoms with Gasteiger partial charge in [-0.05, 0) is 12.0 Å². The first-order valence-corrected chi connectivity index (χ1v) is 8.06. The summed E-state index contributed by atoms with van der Waals surface area (Å²) in [6.07, 6.45) is -1.51. The molecule has 114 valence electrons. The van der Waals surface area contributed by atoms with Crippen molar-refractivity contribution in [3.63, 3.8) is 0 Å². The molecule has 0 saturated heterocycles. The first-order chi connectivity index (χ1) is 10.5. The summed E-state index contributed by atoms with van der Waals surface area (Å²) in [5.41, 5.74) is 2.07. The SMILES string of the molecule is CC(C)c1csc(-c2cccc3ncc(C(F)F)c(Cl)c23)n1. The second-order valence-corrected chi connectivity index (χ2v) is 6.50. The standard InChI is InChI=1S/C16H13ClF2N2S/c1-8(2)12-7-22-16(21-12)9-4-3-5-11-13(9)14(17)10(6-20-11)15(18)19/h3-8,15H,1-2H3. The maximum atomic E-state index is 13.1. The Labute approximate surface area is 135 Å². The van der Waals surface area contributed by atoms with Crippen LogP contribution in [0.15, 0.2) is 29.8 Å². The molecule has 22 heavy (non-hydrogen) atoms. The van der Waals surface area contributed by atoms with E-state index in [1.54, 1.807) is 6.07 Å². The quantitative estimate of drug-likeness (QED) is 0.579. The number of pyridine rings is 1. The van der Waals surface area contributed by atoms with Gasteiger partial charge in [0.25, 0.3) is 6.43 Å². The van der Waals surface area contributed by atoms with E-state index < -0.39 is 6.43 Å². The highest BCUT2D eigenvalue weighted by molar-refractivity contribution is 7.13. The normalized spacial score (nSPS) is 11.8. The van der Waals surface area contributed by atoms with Crippen molar-refractivity contribution in [2.75, 3.05) is 0 Å². The molecule has 0 N–H and O–H groups in total. The van der Waals surface area contributed by atoms with Crippen LogP contribution < -0.4 is 0 Å². The number of fused-ring (bicyclic) bond motifs is 1. The zero-order chi connectivity index (χ0) is 15.9. The monoisotopic (exact) mass is 338 g/mol. The summed E-state index contributed by atoms with van der Waals surface area (Å²) in [5.74, 6) is 0.310. The van der Waals surface area contributed by atoms with Crippen LogP contribution in [-0.2, 0) is 0 Å². The lowest BCUT2D eigenvalue weighted by atomic mass is 10.1. The third-order valence-electron chi connectivity index (χ3n) is 3.44. The third kappa shape index (κ3) is 2.59. The van der Waals surface area contributed by atoms with E-state index in [9.17, 15) is 8.78 Å². The van der Waals surface area contributed by atoms with Gasteiger partial charge < -0.3 is 0 Å². The van der Waals surface area contributed by atoms with Crippen LogP contribution in [0.1, 0.15) is 37.4 Å². The smallest absolute Gasteiger partial charge is 0.256 e. The first-order valence-electron chi connectivity index (χ1n) is 6.80. The Morgan fingerprint density at radius 2 is 2.00 bits per heavy atom. The number of nitrogens with zero attached hydrogens (tertiary/aromatic N) is 2.